The van der Waals surface area contributed by atoms with Crippen molar-refractivity contribution in [1.29, 1.82) is 0 Å². The number of nitrogens with zero attached hydrogens (tertiary/aromatic N) is 1. The molecule has 0 aromatic carbocycles. The van der Waals surface area contributed by atoms with E-state index in [1.165, 1.54) is 30.0 Å². The second-order valence-electron chi connectivity index (χ2n) is 4.30. The van der Waals surface area contributed by atoms with Gasteiger partial charge in [-0.3, -0.25) is 0 Å². The number of rotatable bonds is 7. The predicted octanol–water partition coefficient (Wildman–Crippen LogP) is 4.11. The van der Waals surface area contributed by atoms with Gasteiger partial charge in [0.1, 0.15) is 0 Å². The second-order valence-corrected chi connectivity index (χ2v) is 5.19. The molecule has 1 aromatic rings. The third-order valence-corrected chi connectivity index (χ3v) is 4.04. The largest absolute Gasteiger partial charge is 0.309 e. The number of hydrogen-bond acceptors (Lipinski definition) is 3. The van der Waals surface area contributed by atoms with Gasteiger partial charge < -0.3 is 5.32 Å². The average Bonchev–Trinajstić information content (AvgIpc) is 2.77. The molecular weight excluding hydrogens is 216 g/mol. The molecule has 1 unspecified atom stereocenters. The maximum absolute atomic E-state index is 4.76. The SMILES string of the molecule is CCCNC(C)c1csc(C(CC)CC)n1. The van der Waals surface area contributed by atoms with Gasteiger partial charge in [-0.15, -0.1) is 11.3 Å². The molecule has 1 N–H and O–H groups in total. The molecule has 0 aliphatic heterocycles. The van der Waals surface area contributed by atoms with Crippen molar-refractivity contribution in [3.05, 3.63) is 16.1 Å². The third kappa shape index (κ3) is 3.56. The number of thiazole rings is 1. The van der Waals surface area contributed by atoms with E-state index in [0.29, 0.717) is 12.0 Å². The molecule has 1 aromatic heterocycles. The topological polar surface area (TPSA) is 24.9 Å². The lowest BCUT2D eigenvalue weighted by atomic mass is 10.1. The van der Waals surface area contributed by atoms with Crippen molar-refractivity contribution in [1.82, 2.24) is 10.3 Å². The monoisotopic (exact) mass is 240 g/mol. The van der Waals surface area contributed by atoms with Gasteiger partial charge in [-0.1, -0.05) is 20.8 Å². The first-order valence-corrected chi connectivity index (χ1v) is 7.29. The molecule has 0 saturated heterocycles. The van der Waals surface area contributed by atoms with E-state index < -0.39 is 0 Å². The molecule has 0 aliphatic rings. The van der Waals surface area contributed by atoms with Crippen LogP contribution in [0.2, 0.25) is 0 Å². The van der Waals surface area contributed by atoms with Crippen molar-refractivity contribution >= 4 is 11.3 Å². The molecule has 1 rings (SSSR count). The number of hydrogen-bond donors (Lipinski definition) is 1. The minimum absolute atomic E-state index is 0.388. The Morgan fingerprint density at radius 1 is 1.31 bits per heavy atom. The Balaban J connectivity index is 2.62. The van der Waals surface area contributed by atoms with E-state index in [9.17, 15) is 0 Å². The lowest BCUT2D eigenvalue weighted by Gasteiger charge is -2.11. The van der Waals surface area contributed by atoms with Crippen LogP contribution in [0.15, 0.2) is 5.38 Å². The van der Waals surface area contributed by atoms with Crippen LogP contribution in [0, 0.1) is 0 Å². The minimum Gasteiger partial charge on any atom is -0.309 e. The van der Waals surface area contributed by atoms with Crippen molar-refractivity contribution in [3.8, 4) is 0 Å². The molecular formula is C13H24N2S. The molecule has 0 spiro atoms. The van der Waals surface area contributed by atoms with E-state index in [2.05, 4.69) is 38.4 Å². The van der Waals surface area contributed by atoms with Gasteiger partial charge in [-0.25, -0.2) is 4.98 Å². The molecule has 0 saturated carbocycles. The first-order valence-electron chi connectivity index (χ1n) is 6.41. The van der Waals surface area contributed by atoms with Crippen LogP contribution in [-0.2, 0) is 0 Å². The molecule has 3 heteroatoms. The average molecular weight is 240 g/mol. The summed E-state index contributed by atoms with van der Waals surface area (Å²) in [6.07, 6.45) is 3.56. The first kappa shape index (κ1) is 13.7. The Morgan fingerprint density at radius 2 is 2.00 bits per heavy atom. The summed E-state index contributed by atoms with van der Waals surface area (Å²) < 4.78 is 0. The Kier molecular flexibility index (Phi) is 5.99. The van der Waals surface area contributed by atoms with E-state index in [-0.39, 0.29) is 0 Å². The fourth-order valence-electron chi connectivity index (χ4n) is 1.79. The standard InChI is InChI=1S/C13H24N2S/c1-5-8-14-10(4)12-9-16-13(15-12)11(6-2)7-3/h9-11,14H,5-8H2,1-4H3. The lowest BCUT2D eigenvalue weighted by molar-refractivity contribution is 0.555. The number of aromatic nitrogens is 1. The zero-order chi connectivity index (χ0) is 12.0. The smallest absolute Gasteiger partial charge is 0.0959 e. The fourth-order valence-corrected chi connectivity index (χ4v) is 2.97. The lowest BCUT2D eigenvalue weighted by Crippen LogP contribution is -2.19. The van der Waals surface area contributed by atoms with Gasteiger partial charge in [-0.2, -0.15) is 0 Å². The summed E-state index contributed by atoms with van der Waals surface area (Å²) in [4.78, 5) is 4.76. The van der Waals surface area contributed by atoms with Gasteiger partial charge in [0.05, 0.1) is 10.7 Å². The first-order chi connectivity index (χ1) is 7.72. The minimum atomic E-state index is 0.388. The highest BCUT2D eigenvalue weighted by Gasteiger charge is 2.14. The predicted molar refractivity (Wildman–Crippen MR) is 72.1 cm³/mol. The summed E-state index contributed by atoms with van der Waals surface area (Å²) in [5.74, 6) is 0.650. The molecule has 2 nitrogen and oxygen atoms in total. The maximum atomic E-state index is 4.76. The summed E-state index contributed by atoms with van der Waals surface area (Å²) in [5.41, 5.74) is 1.21. The summed E-state index contributed by atoms with van der Waals surface area (Å²) in [6.45, 7) is 9.94. The third-order valence-electron chi connectivity index (χ3n) is 3.02. The van der Waals surface area contributed by atoms with Gasteiger partial charge in [0.2, 0.25) is 0 Å². The zero-order valence-electron chi connectivity index (χ0n) is 10.9. The van der Waals surface area contributed by atoms with Gasteiger partial charge in [0.15, 0.2) is 0 Å². The quantitative estimate of drug-likeness (QED) is 0.776. The van der Waals surface area contributed by atoms with Gasteiger partial charge >= 0.3 is 0 Å². The zero-order valence-corrected chi connectivity index (χ0v) is 11.7. The molecule has 1 atom stereocenters. The van der Waals surface area contributed by atoms with Crippen molar-refractivity contribution < 1.29 is 0 Å². The highest BCUT2D eigenvalue weighted by molar-refractivity contribution is 7.09. The Labute approximate surface area is 103 Å². The second kappa shape index (κ2) is 7.02. The Bertz CT molecular complexity index is 292. The summed E-state index contributed by atoms with van der Waals surface area (Å²) in [7, 11) is 0. The molecule has 1 heterocycles. The van der Waals surface area contributed by atoms with E-state index in [1.807, 2.05) is 11.3 Å². The van der Waals surface area contributed by atoms with Crippen LogP contribution in [0.25, 0.3) is 0 Å². The molecule has 0 fully saturated rings. The van der Waals surface area contributed by atoms with Crippen molar-refractivity contribution in [2.45, 2.75) is 58.9 Å². The highest BCUT2D eigenvalue weighted by atomic mass is 32.1. The van der Waals surface area contributed by atoms with E-state index in [0.717, 1.165) is 6.54 Å². The fraction of sp³-hybridized carbons (Fsp3) is 0.769. The van der Waals surface area contributed by atoms with Crippen LogP contribution in [0.1, 0.15) is 69.6 Å². The summed E-state index contributed by atoms with van der Waals surface area (Å²) in [6, 6.07) is 0.388. The van der Waals surface area contributed by atoms with E-state index in [1.54, 1.807) is 0 Å². The van der Waals surface area contributed by atoms with Crippen LogP contribution < -0.4 is 5.32 Å². The normalized spacial score (nSPS) is 13.3. The van der Waals surface area contributed by atoms with E-state index >= 15 is 0 Å². The van der Waals surface area contributed by atoms with Crippen molar-refractivity contribution in [2.75, 3.05) is 6.54 Å². The van der Waals surface area contributed by atoms with Crippen LogP contribution in [0.3, 0.4) is 0 Å². The molecule has 92 valence electrons. The summed E-state index contributed by atoms with van der Waals surface area (Å²) >= 11 is 1.82. The molecule has 0 aliphatic carbocycles. The Hall–Kier alpha value is -0.410. The van der Waals surface area contributed by atoms with E-state index in [4.69, 9.17) is 4.98 Å². The molecule has 0 amide bonds. The van der Waals surface area contributed by atoms with Crippen molar-refractivity contribution in [2.24, 2.45) is 0 Å². The number of nitrogens with one attached hydrogen (secondary N) is 1. The summed E-state index contributed by atoms with van der Waals surface area (Å²) in [5, 5.41) is 7.00. The van der Waals surface area contributed by atoms with Crippen LogP contribution >= 0.6 is 11.3 Å². The molecule has 0 bridgehead atoms. The van der Waals surface area contributed by atoms with Crippen molar-refractivity contribution in [3.63, 3.8) is 0 Å². The van der Waals surface area contributed by atoms with Gasteiger partial charge in [-0.05, 0) is 32.7 Å². The van der Waals surface area contributed by atoms with Gasteiger partial charge in [0, 0.05) is 17.3 Å². The van der Waals surface area contributed by atoms with Crippen LogP contribution in [0.4, 0.5) is 0 Å². The maximum Gasteiger partial charge on any atom is 0.0959 e. The molecule has 0 radical (unpaired) electrons. The Morgan fingerprint density at radius 3 is 2.56 bits per heavy atom. The molecule has 16 heavy (non-hydrogen) atoms. The highest BCUT2D eigenvalue weighted by Crippen LogP contribution is 2.27. The van der Waals surface area contributed by atoms with Crippen LogP contribution in [-0.4, -0.2) is 11.5 Å². The van der Waals surface area contributed by atoms with Gasteiger partial charge in [0.25, 0.3) is 0 Å². The van der Waals surface area contributed by atoms with Crippen LogP contribution in [0.5, 0.6) is 0 Å².